The van der Waals surface area contributed by atoms with Crippen molar-refractivity contribution in [2.45, 2.75) is 75.9 Å². The first kappa shape index (κ1) is 32.0. The van der Waals surface area contributed by atoms with E-state index in [1.807, 2.05) is 13.8 Å². The van der Waals surface area contributed by atoms with Crippen LogP contribution in [0.2, 0.25) is 0 Å². The number of nitrogens with zero attached hydrogens (tertiary/aromatic N) is 2. The number of rotatable bonds is 12. The summed E-state index contributed by atoms with van der Waals surface area (Å²) in [4.78, 5) is 29.2. The largest absolute Gasteiger partial charge is 0.497 e. The lowest BCUT2D eigenvalue weighted by Crippen LogP contribution is -2.54. The predicted octanol–water partition coefficient (Wildman–Crippen LogP) is 5.59. The highest BCUT2D eigenvalue weighted by Crippen LogP contribution is 2.27. The Hall–Kier alpha value is -3.92. The molecule has 1 aliphatic carbocycles. The van der Waals surface area contributed by atoms with E-state index in [9.17, 15) is 22.4 Å². The van der Waals surface area contributed by atoms with E-state index in [2.05, 4.69) is 5.32 Å². The number of nitrogens with one attached hydrogen (secondary N) is 1. The highest BCUT2D eigenvalue weighted by Gasteiger charge is 2.34. The van der Waals surface area contributed by atoms with Crippen LogP contribution in [0.4, 0.5) is 10.1 Å². The van der Waals surface area contributed by atoms with Crippen molar-refractivity contribution < 1.29 is 27.1 Å². The van der Waals surface area contributed by atoms with Crippen molar-refractivity contribution in [2.24, 2.45) is 0 Å². The average Bonchev–Trinajstić information content (AvgIpc) is 3.01. The topological polar surface area (TPSA) is 96.0 Å². The van der Waals surface area contributed by atoms with Gasteiger partial charge in [-0.1, -0.05) is 56.0 Å². The number of hydrogen-bond acceptors (Lipinski definition) is 5. The van der Waals surface area contributed by atoms with Gasteiger partial charge in [-0.2, -0.15) is 0 Å². The van der Waals surface area contributed by atoms with Gasteiger partial charge in [-0.3, -0.25) is 13.9 Å². The van der Waals surface area contributed by atoms with Gasteiger partial charge >= 0.3 is 0 Å². The number of carbonyl (C=O) groups is 2. The zero-order chi connectivity index (χ0) is 31.0. The fourth-order valence-corrected chi connectivity index (χ4v) is 6.78. The molecule has 1 aliphatic rings. The summed E-state index contributed by atoms with van der Waals surface area (Å²) in [5.41, 5.74) is 1.87. The number of methoxy groups -OCH3 is 1. The molecule has 0 radical (unpaired) electrons. The molecule has 1 N–H and O–H groups in total. The summed E-state index contributed by atoms with van der Waals surface area (Å²) < 4.78 is 48.0. The molecule has 43 heavy (non-hydrogen) atoms. The molecule has 8 nitrogen and oxygen atoms in total. The predicted molar refractivity (Wildman–Crippen MR) is 165 cm³/mol. The van der Waals surface area contributed by atoms with E-state index >= 15 is 0 Å². The Morgan fingerprint density at radius 2 is 1.58 bits per heavy atom. The first-order valence-electron chi connectivity index (χ1n) is 14.7. The van der Waals surface area contributed by atoms with E-state index in [1.165, 1.54) is 36.3 Å². The van der Waals surface area contributed by atoms with Crippen molar-refractivity contribution in [3.63, 3.8) is 0 Å². The standard InChI is InChI=1S/C33H40FN3O5S/c1-4-31(33(39)35-27-8-6-5-7-9-27)36(22-25-12-14-26(34)15-13-25)32(38)23-37(28-16-10-24(2)11-17-28)43(40,41)30-20-18-29(42-3)19-21-30/h10-21,27,31H,4-9,22-23H2,1-3H3,(H,35,39)/t31-/m0/s1. The van der Waals surface area contributed by atoms with E-state index in [0.717, 1.165) is 42.0 Å². The molecule has 0 saturated heterocycles. The van der Waals surface area contributed by atoms with E-state index in [4.69, 9.17) is 4.74 Å². The molecule has 1 saturated carbocycles. The minimum absolute atomic E-state index is 0.00570. The van der Waals surface area contributed by atoms with Gasteiger partial charge < -0.3 is 15.0 Å². The zero-order valence-corrected chi connectivity index (χ0v) is 25.8. The van der Waals surface area contributed by atoms with E-state index in [-0.39, 0.29) is 23.4 Å². The van der Waals surface area contributed by atoms with Gasteiger partial charge in [0.15, 0.2) is 0 Å². The monoisotopic (exact) mass is 609 g/mol. The Morgan fingerprint density at radius 1 is 0.953 bits per heavy atom. The van der Waals surface area contributed by atoms with Crippen LogP contribution in [0.1, 0.15) is 56.6 Å². The smallest absolute Gasteiger partial charge is 0.264 e. The molecule has 3 aromatic carbocycles. The summed E-state index contributed by atoms with van der Waals surface area (Å²) in [5, 5.41) is 3.12. The molecule has 4 rings (SSSR count). The first-order valence-corrected chi connectivity index (χ1v) is 16.1. The second kappa shape index (κ2) is 14.5. The number of halogens is 1. The summed E-state index contributed by atoms with van der Waals surface area (Å²) in [5.74, 6) is -0.741. The van der Waals surface area contributed by atoms with Gasteiger partial charge in [-0.15, -0.1) is 0 Å². The number of hydrogen-bond donors (Lipinski definition) is 1. The molecule has 0 spiro atoms. The van der Waals surface area contributed by atoms with Crippen LogP contribution >= 0.6 is 0 Å². The number of carbonyl (C=O) groups excluding carboxylic acids is 2. The maximum atomic E-state index is 14.2. The molecule has 0 bridgehead atoms. The van der Waals surface area contributed by atoms with Crippen LogP contribution in [0, 0.1) is 12.7 Å². The van der Waals surface area contributed by atoms with Gasteiger partial charge in [0.25, 0.3) is 10.0 Å². The maximum absolute atomic E-state index is 14.2. The van der Waals surface area contributed by atoms with Crippen molar-refractivity contribution in [3.05, 3.63) is 89.7 Å². The van der Waals surface area contributed by atoms with Crippen molar-refractivity contribution >= 4 is 27.5 Å². The first-order chi connectivity index (χ1) is 20.6. The lowest BCUT2D eigenvalue weighted by Gasteiger charge is -2.34. The van der Waals surface area contributed by atoms with Crippen LogP contribution in [0.5, 0.6) is 5.75 Å². The fraction of sp³-hybridized carbons (Fsp3) is 0.394. The van der Waals surface area contributed by atoms with Crippen LogP contribution in [-0.4, -0.2) is 50.9 Å². The molecule has 0 aromatic heterocycles. The normalized spacial score (nSPS) is 14.5. The fourth-order valence-electron chi connectivity index (χ4n) is 5.36. The van der Waals surface area contributed by atoms with Crippen LogP contribution in [0.3, 0.4) is 0 Å². The van der Waals surface area contributed by atoms with Gasteiger partial charge in [-0.05, 0) is 80.3 Å². The lowest BCUT2D eigenvalue weighted by molar-refractivity contribution is -0.140. The third-order valence-electron chi connectivity index (χ3n) is 7.85. The molecule has 3 aromatic rings. The highest BCUT2D eigenvalue weighted by molar-refractivity contribution is 7.92. The van der Waals surface area contributed by atoms with E-state index in [1.54, 1.807) is 48.5 Å². The second-order valence-electron chi connectivity index (χ2n) is 10.9. The minimum atomic E-state index is -4.19. The molecular formula is C33H40FN3O5S. The highest BCUT2D eigenvalue weighted by atomic mass is 32.2. The van der Waals surface area contributed by atoms with Gasteiger partial charge in [0.2, 0.25) is 11.8 Å². The van der Waals surface area contributed by atoms with Crippen LogP contribution in [0.25, 0.3) is 0 Å². The minimum Gasteiger partial charge on any atom is -0.497 e. The molecule has 0 aliphatic heterocycles. The summed E-state index contributed by atoms with van der Waals surface area (Å²) >= 11 is 0. The third kappa shape index (κ3) is 8.13. The molecule has 230 valence electrons. The van der Waals surface area contributed by atoms with Crippen LogP contribution in [0.15, 0.2) is 77.7 Å². The van der Waals surface area contributed by atoms with E-state index < -0.39 is 34.3 Å². The molecule has 1 atom stereocenters. The Kier molecular flexibility index (Phi) is 10.8. The van der Waals surface area contributed by atoms with Crippen LogP contribution < -0.4 is 14.4 Å². The molecule has 10 heteroatoms. The van der Waals surface area contributed by atoms with Crippen molar-refractivity contribution in [1.82, 2.24) is 10.2 Å². The Bertz CT molecular complexity index is 1470. The molecular weight excluding hydrogens is 569 g/mol. The van der Waals surface area contributed by atoms with Crippen LogP contribution in [-0.2, 0) is 26.2 Å². The summed E-state index contributed by atoms with van der Waals surface area (Å²) in [7, 11) is -2.70. The van der Waals surface area contributed by atoms with Gasteiger partial charge in [0.05, 0.1) is 17.7 Å². The van der Waals surface area contributed by atoms with Crippen molar-refractivity contribution in [1.29, 1.82) is 0 Å². The number of amides is 2. The maximum Gasteiger partial charge on any atom is 0.264 e. The Morgan fingerprint density at radius 3 is 2.16 bits per heavy atom. The number of anilines is 1. The summed E-state index contributed by atoms with van der Waals surface area (Å²) in [6.45, 7) is 3.19. The number of benzene rings is 3. The van der Waals surface area contributed by atoms with Gasteiger partial charge in [-0.25, -0.2) is 12.8 Å². The summed E-state index contributed by atoms with van der Waals surface area (Å²) in [6, 6.07) is 17.7. The van der Waals surface area contributed by atoms with Crippen molar-refractivity contribution in [3.8, 4) is 5.75 Å². The average molecular weight is 610 g/mol. The SMILES string of the molecule is CC[C@@H](C(=O)NC1CCCCC1)N(Cc1ccc(F)cc1)C(=O)CN(c1ccc(C)cc1)S(=O)(=O)c1ccc(OC)cc1. The second-order valence-corrected chi connectivity index (χ2v) is 12.8. The summed E-state index contributed by atoms with van der Waals surface area (Å²) in [6.07, 6.45) is 5.30. The number of ether oxygens (including phenoxy) is 1. The lowest BCUT2D eigenvalue weighted by atomic mass is 9.95. The Labute approximate surface area is 253 Å². The number of aryl methyl sites for hydroxylation is 1. The quantitative estimate of drug-likeness (QED) is 0.289. The van der Waals surface area contributed by atoms with Crippen molar-refractivity contribution in [2.75, 3.05) is 18.0 Å². The molecule has 0 unspecified atom stereocenters. The number of sulfonamides is 1. The molecule has 1 fully saturated rings. The van der Waals surface area contributed by atoms with Gasteiger partial charge in [0.1, 0.15) is 24.2 Å². The Balaban J connectivity index is 1.69. The van der Waals surface area contributed by atoms with E-state index in [0.29, 0.717) is 23.4 Å². The molecule has 2 amide bonds. The zero-order valence-electron chi connectivity index (χ0n) is 25.0. The molecule has 0 heterocycles. The third-order valence-corrected chi connectivity index (χ3v) is 9.64. The van der Waals surface area contributed by atoms with Gasteiger partial charge in [0, 0.05) is 12.6 Å².